The van der Waals surface area contributed by atoms with E-state index in [1.54, 1.807) is 0 Å². The topological polar surface area (TPSA) is 64.3 Å². The highest BCUT2D eigenvalue weighted by Gasteiger charge is 2.27. The number of carbonyl (C=O) groups excluding carboxylic acids is 1. The number of hydrogen-bond donors (Lipinski definition) is 2. The summed E-state index contributed by atoms with van der Waals surface area (Å²) < 4.78 is 4.72. The summed E-state index contributed by atoms with van der Waals surface area (Å²) in [5.74, 6) is -0.0806. The highest BCUT2D eigenvalue weighted by Crippen LogP contribution is 2.24. The van der Waals surface area contributed by atoms with E-state index in [2.05, 4.69) is 5.32 Å². The summed E-state index contributed by atoms with van der Waals surface area (Å²) in [6, 6.07) is 0. The van der Waals surface area contributed by atoms with E-state index < -0.39 is 0 Å². The van der Waals surface area contributed by atoms with Gasteiger partial charge in [-0.3, -0.25) is 4.79 Å². The lowest BCUT2D eigenvalue weighted by molar-refractivity contribution is -0.125. The van der Waals surface area contributed by atoms with Crippen molar-refractivity contribution in [3.63, 3.8) is 0 Å². The fraction of sp³-hybridized carbons (Fsp3) is 0.900. The maximum absolute atomic E-state index is 11.1. The molecule has 14 heavy (non-hydrogen) atoms. The lowest BCUT2D eigenvalue weighted by Gasteiger charge is -2.33. The Bertz CT molecular complexity index is 189. The third-order valence-electron chi connectivity index (χ3n) is 2.76. The highest BCUT2D eigenvalue weighted by atomic mass is 16.5. The molecule has 0 unspecified atom stereocenters. The van der Waals surface area contributed by atoms with Crippen LogP contribution in [-0.2, 0) is 9.53 Å². The van der Waals surface area contributed by atoms with Gasteiger partial charge in [0.05, 0.1) is 0 Å². The molecule has 0 saturated heterocycles. The van der Waals surface area contributed by atoms with Gasteiger partial charge >= 0.3 is 0 Å². The Balaban J connectivity index is 2.24. The van der Waals surface area contributed by atoms with Crippen LogP contribution in [0.4, 0.5) is 0 Å². The van der Waals surface area contributed by atoms with E-state index in [-0.39, 0.29) is 18.1 Å². The minimum Gasteiger partial charge on any atom is -0.375 e. The predicted octanol–water partition coefficient (Wildman–Crippen LogP) is 0.411. The summed E-state index contributed by atoms with van der Waals surface area (Å²) in [7, 11) is 1.51. The number of amides is 1. The van der Waals surface area contributed by atoms with Crippen LogP contribution in [0.15, 0.2) is 0 Å². The number of ether oxygens (including phenoxy) is 1. The Labute approximate surface area is 85.2 Å². The molecule has 1 saturated carbocycles. The maximum atomic E-state index is 11.1. The highest BCUT2D eigenvalue weighted by molar-refractivity contribution is 5.77. The molecule has 0 aromatic rings. The molecule has 1 amide bonds. The lowest BCUT2D eigenvalue weighted by atomic mass is 9.82. The molecule has 1 aliphatic carbocycles. The number of nitrogens with two attached hydrogens (primary N) is 1. The van der Waals surface area contributed by atoms with Crippen LogP contribution in [0.2, 0.25) is 0 Å². The van der Waals surface area contributed by atoms with Gasteiger partial charge in [-0.2, -0.15) is 0 Å². The number of rotatable bonds is 4. The molecule has 0 aromatic carbocycles. The predicted molar refractivity (Wildman–Crippen MR) is 54.9 cm³/mol. The van der Waals surface area contributed by atoms with E-state index in [0.29, 0.717) is 6.54 Å². The van der Waals surface area contributed by atoms with Crippen molar-refractivity contribution in [1.82, 2.24) is 5.32 Å². The molecule has 0 radical (unpaired) electrons. The summed E-state index contributed by atoms with van der Waals surface area (Å²) >= 11 is 0. The van der Waals surface area contributed by atoms with E-state index in [0.717, 1.165) is 12.8 Å². The number of nitrogens with one attached hydrogen (secondary N) is 1. The molecule has 0 aromatic heterocycles. The van der Waals surface area contributed by atoms with Gasteiger partial charge in [0, 0.05) is 19.2 Å². The van der Waals surface area contributed by atoms with Gasteiger partial charge in [0.2, 0.25) is 5.91 Å². The van der Waals surface area contributed by atoms with Crippen LogP contribution < -0.4 is 11.1 Å². The summed E-state index contributed by atoms with van der Waals surface area (Å²) in [5.41, 5.74) is 5.97. The van der Waals surface area contributed by atoms with Gasteiger partial charge in [0.25, 0.3) is 0 Å². The molecule has 3 N–H and O–H groups in total. The van der Waals surface area contributed by atoms with Gasteiger partial charge in [-0.25, -0.2) is 0 Å². The molecule has 4 nitrogen and oxygen atoms in total. The first-order chi connectivity index (χ1) is 6.66. The molecule has 1 rings (SSSR count). The molecule has 4 heteroatoms. The standard InChI is InChI=1S/C10H20N2O2/c1-14-7-9(13)12-8-10(11)5-3-2-4-6-10/h2-8,11H2,1H3,(H,12,13). The largest absolute Gasteiger partial charge is 0.375 e. The van der Waals surface area contributed by atoms with E-state index in [1.165, 1.54) is 26.4 Å². The Kier molecular flexibility index (Phi) is 4.35. The van der Waals surface area contributed by atoms with Crippen LogP contribution in [0.1, 0.15) is 32.1 Å². The quantitative estimate of drug-likeness (QED) is 0.691. The zero-order valence-electron chi connectivity index (χ0n) is 8.84. The molecular weight excluding hydrogens is 180 g/mol. The van der Waals surface area contributed by atoms with Crippen LogP contribution in [0.3, 0.4) is 0 Å². The summed E-state index contributed by atoms with van der Waals surface area (Å²) in [5, 5.41) is 2.80. The molecule has 1 aliphatic rings. The molecule has 0 aliphatic heterocycles. The van der Waals surface area contributed by atoms with E-state index in [9.17, 15) is 4.79 Å². The van der Waals surface area contributed by atoms with Crippen molar-refractivity contribution in [1.29, 1.82) is 0 Å². The van der Waals surface area contributed by atoms with Crippen LogP contribution >= 0.6 is 0 Å². The van der Waals surface area contributed by atoms with Crippen molar-refractivity contribution in [3.8, 4) is 0 Å². The first-order valence-corrected chi connectivity index (χ1v) is 5.21. The van der Waals surface area contributed by atoms with Crippen LogP contribution in [0.25, 0.3) is 0 Å². The Morgan fingerprint density at radius 1 is 1.43 bits per heavy atom. The van der Waals surface area contributed by atoms with Crippen LogP contribution in [0, 0.1) is 0 Å². The SMILES string of the molecule is COCC(=O)NCC1(N)CCCCC1. The van der Waals surface area contributed by atoms with Crippen molar-refractivity contribution < 1.29 is 9.53 Å². The minimum atomic E-state index is -0.179. The summed E-state index contributed by atoms with van der Waals surface area (Å²) in [6.45, 7) is 0.700. The van der Waals surface area contributed by atoms with Crippen molar-refractivity contribution >= 4 is 5.91 Å². The molecule has 82 valence electrons. The minimum absolute atomic E-state index is 0.0806. The molecule has 1 fully saturated rings. The van der Waals surface area contributed by atoms with Gasteiger partial charge in [-0.1, -0.05) is 19.3 Å². The first-order valence-electron chi connectivity index (χ1n) is 5.21. The lowest BCUT2D eigenvalue weighted by Crippen LogP contribution is -2.51. The number of hydrogen-bond acceptors (Lipinski definition) is 3. The second-order valence-electron chi connectivity index (χ2n) is 4.13. The molecular formula is C10H20N2O2. The molecule has 0 bridgehead atoms. The van der Waals surface area contributed by atoms with E-state index in [1.807, 2.05) is 0 Å². The van der Waals surface area contributed by atoms with Gasteiger partial charge in [-0.15, -0.1) is 0 Å². The van der Waals surface area contributed by atoms with Crippen molar-refractivity contribution in [2.45, 2.75) is 37.6 Å². The third-order valence-corrected chi connectivity index (χ3v) is 2.76. The third kappa shape index (κ3) is 3.64. The summed E-state index contributed by atoms with van der Waals surface area (Å²) in [6.07, 6.45) is 5.65. The number of carbonyl (C=O) groups is 1. The Morgan fingerprint density at radius 2 is 2.07 bits per heavy atom. The zero-order valence-corrected chi connectivity index (χ0v) is 8.84. The number of methoxy groups -OCH3 is 1. The van der Waals surface area contributed by atoms with Crippen molar-refractivity contribution in [3.05, 3.63) is 0 Å². The molecule has 0 heterocycles. The Hall–Kier alpha value is -0.610. The van der Waals surface area contributed by atoms with Crippen molar-refractivity contribution in [2.75, 3.05) is 20.3 Å². The van der Waals surface area contributed by atoms with Gasteiger partial charge in [0.1, 0.15) is 6.61 Å². The summed E-state index contributed by atoms with van der Waals surface area (Å²) in [4.78, 5) is 11.1. The maximum Gasteiger partial charge on any atom is 0.246 e. The van der Waals surface area contributed by atoms with Crippen molar-refractivity contribution in [2.24, 2.45) is 5.73 Å². The normalized spacial score (nSPS) is 20.4. The fourth-order valence-electron chi connectivity index (χ4n) is 1.89. The zero-order chi connectivity index (χ0) is 10.4. The van der Waals surface area contributed by atoms with Gasteiger partial charge in [0.15, 0.2) is 0 Å². The average Bonchev–Trinajstić information content (AvgIpc) is 2.17. The van der Waals surface area contributed by atoms with E-state index in [4.69, 9.17) is 10.5 Å². The smallest absolute Gasteiger partial charge is 0.246 e. The second kappa shape index (κ2) is 5.32. The molecule has 0 atom stereocenters. The van der Waals surface area contributed by atoms with Gasteiger partial charge in [-0.05, 0) is 12.8 Å². The van der Waals surface area contributed by atoms with Crippen LogP contribution in [0.5, 0.6) is 0 Å². The second-order valence-corrected chi connectivity index (χ2v) is 4.13. The first kappa shape index (κ1) is 11.5. The molecule has 0 spiro atoms. The monoisotopic (exact) mass is 200 g/mol. The Morgan fingerprint density at radius 3 is 2.64 bits per heavy atom. The van der Waals surface area contributed by atoms with Gasteiger partial charge < -0.3 is 15.8 Å². The fourth-order valence-corrected chi connectivity index (χ4v) is 1.89. The van der Waals surface area contributed by atoms with E-state index >= 15 is 0 Å². The average molecular weight is 200 g/mol. The van der Waals surface area contributed by atoms with Crippen LogP contribution in [-0.4, -0.2) is 31.7 Å².